The number of ether oxygens (including phenoxy) is 1. The summed E-state index contributed by atoms with van der Waals surface area (Å²) in [7, 11) is 0. The van der Waals surface area contributed by atoms with E-state index in [0.717, 1.165) is 13.2 Å². The van der Waals surface area contributed by atoms with Gasteiger partial charge in [-0.05, 0) is 0 Å². The molecule has 1 heterocycles. The second-order valence-electron chi connectivity index (χ2n) is 1.23. The first-order valence-corrected chi connectivity index (χ1v) is 2.13. The van der Waals surface area contributed by atoms with E-state index in [1.54, 1.807) is 0 Å². The molecule has 0 unspecified atom stereocenters. The van der Waals surface area contributed by atoms with Crippen molar-refractivity contribution in [2.24, 2.45) is 0 Å². The van der Waals surface area contributed by atoms with E-state index in [4.69, 9.17) is 6.11 Å². The highest BCUT2D eigenvalue weighted by atomic mass is 16.5. The number of nitrogens with one attached hydrogen (secondary N) is 1. The molecule has 1 rings (SSSR count). The lowest BCUT2D eigenvalue weighted by molar-refractivity contribution is 0.109. The zero-order valence-electron chi connectivity index (χ0n) is 4.61. The van der Waals surface area contributed by atoms with Crippen molar-refractivity contribution in [3.8, 4) is 0 Å². The smallest absolute Gasteiger partial charge is 0.0591 e. The summed E-state index contributed by atoms with van der Waals surface area (Å²) in [5.41, 5.74) is 0. The fraction of sp³-hybridized carbons (Fsp3) is 1.00. The molecule has 0 aromatic carbocycles. The third kappa shape index (κ3) is 0.954. The van der Waals surface area contributed by atoms with Crippen molar-refractivity contribution in [3.63, 3.8) is 0 Å². The molecule has 0 amide bonds. The average Bonchev–Trinajstić information content (AvgIpc) is 1.69. The zero-order chi connectivity index (χ0) is 5.11. The topological polar surface area (TPSA) is 21.3 Å². The molecule has 1 fully saturated rings. The van der Waals surface area contributed by atoms with E-state index in [1.807, 2.05) is 0 Å². The van der Waals surface area contributed by atoms with Crippen molar-refractivity contribution in [2.75, 3.05) is 26.3 Å². The summed E-state index contributed by atoms with van der Waals surface area (Å²) < 4.78 is 12.0. The molecule has 36 valence electrons. The molecule has 1 aliphatic rings. The summed E-state index contributed by atoms with van der Waals surface area (Å²) in [4.78, 5) is 0. The standard InChI is InChI=1S/C4H9NO/c1-3-6-4-2-5-1/h5H,1-4H2/i1D/t1-/m0/s1. The van der Waals surface area contributed by atoms with Gasteiger partial charge < -0.3 is 10.1 Å². The quantitative estimate of drug-likeness (QED) is 0.435. The number of hydrogen-bond donors (Lipinski definition) is 1. The molecular weight excluding hydrogens is 78.0 g/mol. The minimum Gasteiger partial charge on any atom is -0.379 e. The first-order valence-electron chi connectivity index (χ1n) is 2.71. The lowest BCUT2D eigenvalue weighted by atomic mass is 10.5. The predicted octanol–water partition coefficient (Wildman–Crippen LogP) is -0.394. The lowest BCUT2D eigenvalue weighted by Crippen LogP contribution is -2.30. The van der Waals surface area contributed by atoms with Crippen LogP contribution in [0.15, 0.2) is 0 Å². The second kappa shape index (κ2) is 2.16. The molecule has 0 saturated carbocycles. The Labute approximate surface area is 38.9 Å². The van der Waals surface area contributed by atoms with E-state index >= 15 is 0 Å². The molecule has 0 aromatic heterocycles. The molecule has 0 radical (unpaired) electrons. The maximum Gasteiger partial charge on any atom is 0.0591 e. The van der Waals surface area contributed by atoms with Gasteiger partial charge in [-0.25, -0.2) is 0 Å². The molecule has 1 N–H and O–H groups in total. The molecule has 0 aliphatic carbocycles. The SMILES string of the molecule is [2H][C@H]1COCCN1. The van der Waals surface area contributed by atoms with Crippen LogP contribution in [0.1, 0.15) is 1.37 Å². The van der Waals surface area contributed by atoms with Gasteiger partial charge in [0, 0.05) is 14.4 Å². The van der Waals surface area contributed by atoms with Crippen LogP contribution in [0.25, 0.3) is 0 Å². The molecule has 2 nitrogen and oxygen atoms in total. The van der Waals surface area contributed by atoms with Gasteiger partial charge in [0.1, 0.15) is 0 Å². The van der Waals surface area contributed by atoms with Gasteiger partial charge in [-0.1, -0.05) is 0 Å². The van der Waals surface area contributed by atoms with Gasteiger partial charge >= 0.3 is 0 Å². The monoisotopic (exact) mass is 88.1 g/mol. The van der Waals surface area contributed by atoms with Crippen molar-refractivity contribution in [2.45, 2.75) is 0 Å². The minimum absolute atomic E-state index is 0.186. The van der Waals surface area contributed by atoms with Gasteiger partial charge in [-0.15, -0.1) is 0 Å². The van der Waals surface area contributed by atoms with Crippen molar-refractivity contribution < 1.29 is 6.11 Å². The molecule has 1 saturated heterocycles. The van der Waals surface area contributed by atoms with Crippen molar-refractivity contribution in [1.29, 1.82) is 0 Å². The summed E-state index contributed by atoms with van der Waals surface area (Å²) in [6.07, 6.45) is 0. The number of rotatable bonds is 0. The Hall–Kier alpha value is -0.0800. The van der Waals surface area contributed by atoms with Crippen LogP contribution in [0, 0.1) is 0 Å². The molecule has 1 atom stereocenters. The molecule has 1 aliphatic heterocycles. The molecule has 0 aromatic rings. The van der Waals surface area contributed by atoms with Gasteiger partial charge in [0.15, 0.2) is 0 Å². The minimum atomic E-state index is -0.186. The van der Waals surface area contributed by atoms with Crippen LogP contribution in [-0.2, 0) is 4.74 Å². The largest absolute Gasteiger partial charge is 0.379 e. The van der Waals surface area contributed by atoms with Crippen LogP contribution in [0.4, 0.5) is 0 Å². The normalized spacial score (nSPS) is 38.7. The second-order valence-corrected chi connectivity index (χ2v) is 1.23. The van der Waals surface area contributed by atoms with E-state index in [-0.39, 0.29) is 6.52 Å². The molecular formula is C4H9NO. The van der Waals surface area contributed by atoms with Gasteiger partial charge in [0.25, 0.3) is 0 Å². The van der Waals surface area contributed by atoms with Gasteiger partial charge in [0.05, 0.1) is 13.2 Å². The Kier molecular flexibility index (Phi) is 1.08. The third-order valence-electron chi connectivity index (χ3n) is 0.736. The van der Waals surface area contributed by atoms with Crippen LogP contribution < -0.4 is 5.32 Å². The van der Waals surface area contributed by atoms with Crippen molar-refractivity contribution in [3.05, 3.63) is 0 Å². The summed E-state index contributed by atoms with van der Waals surface area (Å²) >= 11 is 0. The van der Waals surface area contributed by atoms with Crippen molar-refractivity contribution >= 4 is 0 Å². The predicted molar refractivity (Wildman–Crippen MR) is 23.7 cm³/mol. The molecule has 2 heteroatoms. The highest BCUT2D eigenvalue weighted by molar-refractivity contribution is 4.49. The Morgan fingerprint density at radius 1 is 1.67 bits per heavy atom. The molecule has 0 spiro atoms. The number of morpholine rings is 1. The van der Waals surface area contributed by atoms with Gasteiger partial charge in [0.2, 0.25) is 0 Å². The van der Waals surface area contributed by atoms with Crippen LogP contribution in [0.5, 0.6) is 0 Å². The summed E-state index contributed by atoms with van der Waals surface area (Å²) in [6.45, 7) is 1.94. The highest BCUT2D eigenvalue weighted by Crippen LogP contribution is 1.76. The van der Waals surface area contributed by atoms with Crippen LogP contribution >= 0.6 is 0 Å². The van der Waals surface area contributed by atoms with E-state index < -0.39 is 0 Å². The van der Waals surface area contributed by atoms with Crippen LogP contribution in [0.3, 0.4) is 0 Å². The number of hydrogen-bond acceptors (Lipinski definition) is 2. The Balaban J connectivity index is 2.12. The van der Waals surface area contributed by atoms with Crippen LogP contribution in [-0.4, -0.2) is 26.3 Å². The highest BCUT2D eigenvalue weighted by Gasteiger charge is 1.92. The molecule has 6 heavy (non-hydrogen) atoms. The Morgan fingerprint density at radius 3 is 3.00 bits per heavy atom. The lowest BCUT2D eigenvalue weighted by Gasteiger charge is -2.10. The van der Waals surface area contributed by atoms with Crippen molar-refractivity contribution in [1.82, 2.24) is 5.32 Å². The summed E-state index contributed by atoms with van der Waals surface area (Å²) in [5, 5.41) is 2.92. The Morgan fingerprint density at radius 2 is 2.67 bits per heavy atom. The van der Waals surface area contributed by atoms with Gasteiger partial charge in [-0.2, -0.15) is 0 Å². The third-order valence-corrected chi connectivity index (χ3v) is 0.736. The summed E-state index contributed by atoms with van der Waals surface area (Å²) in [6, 6.07) is 0. The van der Waals surface area contributed by atoms with Gasteiger partial charge in [-0.3, -0.25) is 0 Å². The maximum atomic E-state index is 7.04. The van der Waals surface area contributed by atoms with E-state index in [9.17, 15) is 0 Å². The summed E-state index contributed by atoms with van der Waals surface area (Å²) in [5.74, 6) is 0. The fourth-order valence-electron chi connectivity index (χ4n) is 0.434. The zero-order valence-corrected chi connectivity index (χ0v) is 3.61. The fourth-order valence-corrected chi connectivity index (χ4v) is 0.434. The van der Waals surface area contributed by atoms with Crippen LogP contribution in [0.2, 0.25) is 0 Å². The van der Waals surface area contributed by atoms with E-state index in [2.05, 4.69) is 5.32 Å². The average molecular weight is 88.1 g/mol. The van der Waals surface area contributed by atoms with E-state index in [1.165, 1.54) is 0 Å². The first-order chi connectivity index (χ1) is 3.39. The molecule has 0 bridgehead atoms. The first kappa shape index (κ1) is 2.99. The Bertz CT molecular complexity index is 53.7. The maximum absolute atomic E-state index is 7.04. The van der Waals surface area contributed by atoms with E-state index in [0.29, 0.717) is 6.61 Å².